The molecule has 0 spiro atoms. The Morgan fingerprint density at radius 1 is 1.00 bits per heavy atom. The lowest BCUT2D eigenvalue weighted by atomic mass is 10.2. The van der Waals surface area contributed by atoms with Crippen LogP contribution in [-0.4, -0.2) is 26.6 Å². The van der Waals surface area contributed by atoms with Crippen LogP contribution in [0, 0.1) is 5.82 Å². The monoisotopic (exact) mass is 321 g/mol. The van der Waals surface area contributed by atoms with E-state index in [-0.39, 0.29) is 18.1 Å². The Kier molecular flexibility index (Phi) is 5.27. The van der Waals surface area contributed by atoms with E-state index in [0.29, 0.717) is 11.1 Å². The SMILES string of the molecule is O=C(NCCS(=O)(=O)Cc1ccccc1)c1ccc(F)cc1. The molecule has 0 aliphatic rings. The van der Waals surface area contributed by atoms with Crippen LogP contribution in [0.2, 0.25) is 0 Å². The van der Waals surface area contributed by atoms with Crippen LogP contribution in [0.15, 0.2) is 54.6 Å². The molecule has 0 fully saturated rings. The van der Waals surface area contributed by atoms with Crippen LogP contribution in [0.25, 0.3) is 0 Å². The molecular formula is C16H16FNO3S. The Labute approximate surface area is 128 Å². The van der Waals surface area contributed by atoms with Crippen molar-refractivity contribution >= 4 is 15.7 Å². The molecule has 6 heteroatoms. The summed E-state index contributed by atoms with van der Waals surface area (Å²) in [5, 5.41) is 2.52. The van der Waals surface area contributed by atoms with Crippen molar-refractivity contribution in [3.63, 3.8) is 0 Å². The Morgan fingerprint density at radius 2 is 1.64 bits per heavy atom. The molecule has 0 aromatic heterocycles. The van der Waals surface area contributed by atoms with E-state index >= 15 is 0 Å². The van der Waals surface area contributed by atoms with Crippen molar-refractivity contribution in [2.75, 3.05) is 12.3 Å². The zero-order valence-electron chi connectivity index (χ0n) is 11.8. The molecule has 0 saturated heterocycles. The molecule has 22 heavy (non-hydrogen) atoms. The first kappa shape index (κ1) is 16.2. The van der Waals surface area contributed by atoms with E-state index in [0.717, 1.165) is 0 Å². The average Bonchev–Trinajstić information content (AvgIpc) is 2.48. The lowest BCUT2D eigenvalue weighted by Gasteiger charge is -2.07. The van der Waals surface area contributed by atoms with Crippen LogP contribution in [-0.2, 0) is 15.6 Å². The van der Waals surface area contributed by atoms with Crippen LogP contribution in [0.3, 0.4) is 0 Å². The maximum absolute atomic E-state index is 12.8. The minimum atomic E-state index is -3.29. The molecule has 2 rings (SSSR count). The molecule has 2 aromatic rings. The average molecular weight is 321 g/mol. The number of halogens is 1. The van der Waals surface area contributed by atoms with Crippen molar-refractivity contribution in [3.8, 4) is 0 Å². The van der Waals surface area contributed by atoms with E-state index in [1.807, 2.05) is 6.07 Å². The highest BCUT2D eigenvalue weighted by atomic mass is 32.2. The van der Waals surface area contributed by atoms with E-state index in [4.69, 9.17) is 0 Å². The number of benzene rings is 2. The van der Waals surface area contributed by atoms with Crippen molar-refractivity contribution in [3.05, 3.63) is 71.5 Å². The minimum absolute atomic E-state index is 0.0192. The molecule has 4 nitrogen and oxygen atoms in total. The fourth-order valence-corrected chi connectivity index (χ4v) is 3.18. The van der Waals surface area contributed by atoms with E-state index in [9.17, 15) is 17.6 Å². The van der Waals surface area contributed by atoms with Gasteiger partial charge < -0.3 is 5.32 Å². The predicted molar refractivity (Wildman–Crippen MR) is 82.7 cm³/mol. The summed E-state index contributed by atoms with van der Waals surface area (Å²) < 4.78 is 36.7. The van der Waals surface area contributed by atoms with Gasteiger partial charge in [0.1, 0.15) is 5.82 Å². The normalized spacial score (nSPS) is 11.1. The van der Waals surface area contributed by atoms with Crippen molar-refractivity contribution < 1.29 is 17.6 Å². The lowest BCUT2D eigenvalue weighted by molar-refractivity contribution is 0.0956. The highest BCUT2D eigenvalue weighted by Crippen LogP contribution is 2.06. The third-order valence-electron chi connectivity index (χ3n) is 3.03. The second-order valence-electron chi connectivity index (χ2n) is 4.84. The summed E-state index contributed by atoms with van der Waals surface area (Å²) in [6.45, 7) is 0.0192. The fraction of sp³-hybridized carbons (Fsp3) is 0.188. The fourth-order valence-electron chi connectivity index (χ4n) is 1.92. The van der Waals surface area contributed by atoms with E-state index < -0.39 is 21.6 Å². The molecule has 1 amide bonds. The number of amides is 1. The zero-order valence-corrected chi connectivity index (χ0v) is 12.6. The highest BCUT2D eigenvalue weighted by molar-refractivity contribution is 7.90. The van der Waals surface area contributed by atoms with Gasteiger partial charge in [-0.15, -0.1) is 0 Å². The third kappa shape index (κ3) is 4.96. The van der Waals surface area contributed by atoms with Crippen molar-refractivity contribution in [2.24, 2.45) is 0 Å². The van der Waals surface area contributed by atoms with E-state index in [1.165, 1.54) is 24.3 Å². The first-order valence-corrected chi connectivity index (χ1v) is 8.56. The van der Waals surface area contributed by atoms with Crippen LogP contribution >= 0.6 is 0 Å². The van der Waals surface area contributed by atoms with Gasteiger partial charge in [-0.3, -0.25) is 4.79 Å². The van der Waals surface area contributed by atoms with Crippen LogP contribution in [0.1, 0.15) is 15.9 Å². The number of nitrogens with one attached hydrogen (secondary N) is 1. The maximum Gasteiger partial charge on any atom is 0.251 e. The predicted octanol–water partition coefficient (Wildman–Crippen LogP) is 2.17. The number of sulfone groups is 1. The van der Waals surface area contributed by atoms with Gasteiger partial charge in [0.2, 0.25) is 0 Å². The molecule has 0 atom stereocenters. The number of hydrogen-bond donors (Lipinski definition) is 1. The summed E-state index contributed by atoms with van der Waals surface area (Å²) in [6, 6.07) is 13.9. The Morgan fingerprint density at radius 3 is 2.27 bits per heavy atom. The van der Waals surface area contributed by atoms with Gasteiger partial charge in [0.05, 0.1) is 11.5 Å². The molecule has 0 aliphatic heterocycles. The first-order valence-electron chi connectivity index (χ1n) is 6.74. The van der Waals surface area contributed by atoms with Crippen molar-refractivity contribution in [2.45, 2.75) is 5.75 Å². The topological polar surface area (TPSA) is 63.2 Å². The Bertz CT molecular complexity index is 728. The number of rotatable bonds is 6. The maximum atomic E-state index is 12.8. The zero-order chi connectivity index (χ0) is 16.0. The standard InChI is InChI=1S/C16H16FNO3S/c17-15-8-6-14(7-9-15)16(19)18-10-11-22(20,21)12-13-4-2-1-3-5-13/h1-9H,10-12H2,(H,18,19). The Hall–Kier alpha value is -2.21. The van der Waals surface area contributed by atoms with Crippen LogP contribution < -0.4 is 5.32 Å². The quantitative estimate of drug-likeness (QED) is 0.887. The van der Waals surface area contributed by atoms with Gasteiger partial charge in [-0.1, -0.05) is 30.3 Å². The molecule has 0 aliphatic carbocycles. The number of carbonyl (C=O) groups excluding carboxylic acids is 1. The minimum Gasteiger partial charge on any atom is -0.351 e. The van der Waals surface area contributed by atoms with Gasteiger partial charge in [-0.2, -0.15) is 0 Å². The van der Waals surface area contributed by atoms with Gasteiger partial charge in [0.25, 0.3) is 5.91 Å². The molecule has 0 unspecified atom stereocenters. The van der Waals surface area contributed by atoms with Gasteiger partial charge in [-0.05, 0) is 29.8 Å². The summed E-state index contributed by atoms with van der Waals surface area (Å²) in [4.78, 5) is 11.8. The largest absolute Gasteiger partial charge is 0.351 e. The Balaban J connectivity index is 1.85. The number of carbonyl (C=O) groups is 1. The van der Waals surface area contributed by atoms with Crippen LogP contribution in [0.5, 0.6) is 0 Å². The van der Waals surface area contributed by atoms with Crippen molar-refractivity contribution in [1.82, 2.24) is 5.32 Å². The molecule has 0 bridgehead atoms. The summed E-state index contributed by atoms with van der Waals surface area (Å²) in [6.07, 6.45) is 0. The summed E-state index contributed by atoms with van der Waals surface area (Å²) in [5.41, 5.74) is 1.01. The van der Waals surface area contributed by atoms with Crippen LogP contribution in [0.4, 0.5) is 4.39 Å². The van der Waals surface area contributed by atoms with E-state index in [2.05, 4.69) is 5.32 Å². The molecule has 0 heterocycles. The smallest absolute Gasteiger partial charge is 0.251 e. The first-order chi connectivity index (χ1) is 10.5. The van der Waals surface area contributed by atoms with Gasteiger partial charge in [0, 0.05) is 12.1 Å². The highest BCUT2D eigenvalue weighted by Gasteiger charge is 2.13. The molecule has 116 valence electrons. The molecular weight excluding hydrogens is 305 g/mol. The number of hydrogen-bond acceptors (Lipinski definition) is 3. The van der Waals surface area contributed by atoms with Gasteiger partial charge in [-0.25, -0.2) is 12.8 Å². The second kappa shape index (κ2) is 7.17. The van der Waals surface area contributed by atoms with E-state index in [1.54, 1.807) is 24.3 Å². The summed E-state index contributed by atoms with van der Waals surface area (Å²) >= 11 is 0. The second-order valence-corrected chi connectivity index (χ2v) is 7.02. The molecule has 1 N–H and O–H groups in total. The summed E-state index contributed by atoms with van der Waals surface area (Å²) in [5.74, 6) is -1.05. The van der Waals surface area contributed by atoms with Gasteiger partial charge >= 0.3 is 0 Å². The van der Waals surface area contributed by atoms with Crippen molar-refractivity contribution in [1.29, 1.82) is 0 Å². The lowest BCUT2D eigenvalue weighted by Crippen LogP contribution is -2.29. The molecule has 0 saturated carbocycles. The van der Waals surface area contributed by atoms with Gasteiger partial charge in [0.15, 0.2) is 9.84 Å². The summed E-state index contributed by atoms with van der Waals surface area (Å²) in [7, 11) is -3.29. The molecule has 2 aromatic carbocycles. The third-order valence-corrected chi connectivity index (χ3v) is 4.63. The molecule has 0 radical (unpaired) electrons.